The molecule has 0 amide bonds. The van der Waals surface area contributed by atoms with Gasteiger partial charge in [0.05, 0.1) is 19.0 Å². The highest BCUT2D eigenvalue weighted by Crippen LogP contribution is 1.94. The lowest BCUT2D eigenvalue weighted by atomic mass is 10.5. The number of nitrogens with two attached hydrogens (primary N) is 2. The summed E-state index contributed by atoms with van der Waals surface area (Å²) in [4.78, 5) is 0. The van der Waals surface area contributed by atoms with Gasteiger partial charge in [-0.1, -0.05) is 12.1 Å². The zero-order chi connectivity index (χ0) is 15.6. The fourth-order valence-electron chi connectivity index (χ4n) is 1.57. The minimum Gasteiger partial charge on any atom is -0.360 e. The van der Waals surface area contributed by atoms with E-state index in [9.17, 15) is 0 Å². The van der Waals surface area contributed by atoms with Crippen LogP contribution in [0.1, 0.15) is 12.8 Å². The largest absolute Gasteiger partial charge is 0.360 e. The zero-order valence-corrected chi connectivity index (χ0v) is 16.4. The van der Waals surface area contributed by atoms with Gasteiger partial charge in [0, 0.05) is 28.4 Å². The van der Waals surface area contributed by atoms with Crippen LogP contribution >= 0.6 is 0 Å². The second-order valence-corrected chi connectivity index (χ2v) is 8.27. The summed E-state index contributed by atoms with van der Waals surface area (Å²) in [7, 11) is 6.32. The van der Waals surface area contributed by atoms with Crippen LogP contribution in [0.4, 0.5) is 0 Å². The van der Waals surface area contributed by atoms with Crippen molar-refractivity contribution in [2.75, 3.05) is 41.5 Å². The second-order valence-electron chi connectivity index (χ2n) is 4.37. The molecule has 0 unspecified atom stereocenters. The van der Waals surface area contributed by atoms with Crippen LogP contribution in [0.25, 0.3) is 0 Å². The normalized spacial score (nSPS) is 12.0. The molecule has 0 radical (unpaired) electrons. The van der Waals surface area contributed by atoms with E-state index >= 15 is 0 Å². The average molecular weight is 327 g/mol. The molecule has 0 rings (SSSR count). The minimum absolute atomic E-state index is 0.0894. The third-order valence-electron chi connectivity index (χ3n) is 2.84. The molecule has 4 N–H and O–H groups in total. The Morgan fingerprint density at radius 1 is 0.700 bits per heavy atom. The molecule has 6 nitrogen and oxygen atoms in total. The van der Waals surface area contributed by atoms with Crippen molar-refractivity contribution < 1.29 is 18.9 Å². The van der Waals surface area contributed by atoms with Crippen LogP contribution in [-0.4, -0.2) is 72.4 Å². The van der Waals surface area contributed by atoms with Crippen LogP contribution in [0.15, 0.2) is 0 Å². The summed E-state index contributed by atoms with van der Waals surface area (Å²) in [6, 6.07) is 2.42. The molecule has 0 aliphatic heterocycles. The quantitative estimate of drug-likeness (QED) is 0.272. The first kappa shape index (κ1) is 22.5. The molecule has 0 bridgehead atoms. The van der Waals surface area contributed by atoms with Gasteiger partial charge in [0.1, 0.15) is 11.8 Å². The Morgan fingerprint density at radius 3 is 1.20 bits per heavy atom. The summed E-state index contributed by atoms with van der Waals surface area (Å²) in [5.74, 6) is 0.179. The smallest absolute Gasteiger partial charge is 0.134 e. The van der Waals surface area contributed by atoms with Gasteiger partial charge in [-0.3, -0.25) is 0 Å². The van der Waals surface area contributed by atoms with Crippen molar-refractivity contribution in [3.8, 4) is 0 Å². The summed E-state index contributed by atoms with van der Waals surface area (Å²) in [5, 5.41) is 0. The Kier molecular flexibility index (Phi) is 21.6. The highest BCUT2D eigenvalue weighted by atomic mass is 28.2. The molecule has 0 heterocycles. The molecule has 0 aliphatic carbocycles. The summed E-state index contributed by atoms with van der Waals surface area (Å²) >= 11 is 0. The van der Waals surface area contributed by atoms with Gasteiger partial charge in [-0.25, -0.2) is 0 Å². The third-order valence-corrected chi connectivity index (χ3v) is 6.93. The molecule has 0 saturated heterocycles. The molecule has 0 fully saturated rings. The Hall–Kier alpha value is 0.194. The van der Waals surface area contributed by atoms with Gasteiger partial charge < -0.3 is 30.4 Å². The van der Waals surface area contributed by atoms with Gasteiger partial charge in [-0.2, -0.15) is 0 Å². The summed E-state index contributed by atoms with van der Waals surface area (Å²) in [6.45, 7) is 1.57. The first-order chi connectivity index (χ1) is 9.69. The van der Waals surface area contributed by atoms with Crippen LogP contribution in [-0.2, 0) is 18.9 Å². The van der Waals surface area contributed by atoms with Gasteiger partial charge in [-0.15, -0.1) is 0 Å². The van der Waals surface area contributed by atoms with E-state index in [1.807, 2.05) is 0 Å². The molecule has 8 heteroatoms. The van der Waals surface area contributed by atoms with Gasteiger partial charge in [0.2, 0.25) is 0 Å². The highest BCUT2D eigenvalue weighted by molar-refractivity contribution is 6.36. The highest BCUT2D eigenvalue weighted by Gasteiger charge is 2.04. The van der Waals surface area contributed by atoms with E-state index in [-0.39, 0.29) is 30.9 Å². The Balaban J connectivity index is 0. The second kappa shape index (κ2) is 19.2. The van der Waals surface area contributed by atoms with E-state index in [1.165, 1.54) is 12.1 Å². The predicted octanol–water partition coefficient (Wildman–Crippen LogP) is -1.00. The maximum Gasteiger partial charge on any atom is 0.134 e. The fourth-order valence-corrected chi connectivity index (χ4v) is 4.34. The number of rotatable bonds is 12. The third kappa shape index (κ3) is 16.2. The Morgan fingerprint density at radius 2 is 1.00 bits per heavy atom. The monoisotopic (exact) mass is 326 g/mol. The molecule has 124 valence electrons. The van der Waals surface area contributed by atoms with Crippen molar-refractivity contribution in [2.24, 2.45) is 11.5 Å². The van der Waals surface area contributed by atoms with E-state index in [2.05, 4.69) is 0 Å². The van der Waals surface area contributed by atoms with Crippen molar-refractivity contribution >= 4 is 19.0 Å². The summed E-state index contributed by atoms with van der Waals surface area (Å²) in [6.07, 6.45) is 2.21. The van der Waals surface area contributed by atoms with E-state index < -0.39 is 0 Å². The average Bonchev–Trinajstić information content (AvgIpc) is 2.49. The molecule has 0 spiro atoms. The van der Waals surface area contributed by atoms with Gasteiger partial charge in [0.15, 0.2) is 0 Å². The lowest BCUT2D eigenvalue weighted by Gasteiger charge is -2.11. The van der Waals surface area contributed by atoms with E-state index in [4.69, 9.17) is 30.4 Å². The summed E-state index contributed by atoms with van der Waals surface area (Å²) < 4.78 is 20.2. The van der Waals surface area contributed by atoms with Crippen molar-refractivity contribution in [3.63, 3.8) is 0 Å². The van der Waals surface area contributed by atoms with Gasteiger partial charge in [-0.05, 0) is 25.9 Å². The Labute approximate surface area is 128 Å². The standard InChI is InChI=1S/2C6H17NO2Si/c2*1-8-6(9-2)10-5-3-4-7/h2*6H,3-5,7,10H2,1-2H3. The van der Waals surface area contributed by atoms with Crippen molar-refractivity contribution in [3.05, 3.63) is 0 Å². The number of hydrogen-bond acceptors (Lipinski definition) is 6. The minimum atomic E-state index is -0.210. The molecule has 0 aromatic heterocycles. The van der Waals surface area contributed by atoms with Crippen LogP contribution in [0.5, 0.6) is 0 Å². The topological polar surface area (TPSA) is 89.0 Å². The number of methoxy groups -OCH3 is 4. The van der Waals surface area contributed by atoms with E-state index in [1.54, 1.807) is 28.4 Å². The first-order valence-corrected chi connectivity index (χ1v) is 10.8. The predicted molar refractivity (Wildman–Crippen MR) is 89.7 cm³/mol. The van der Waals surface area contributed by atoms with E-state index in [0.29, 0.717) is 0 Å². The zero-order valence-electron chi connectivity index (χ0n) is 13.6. The van der Waals surface area contributed by atoms with Crippen LogP contribution < -0.4 is 11.5 Å². The first-order valence-electron chi connectivity index (χ1n) is 7.21. The van der Waals surface area contributed by atoms with Crippen LogP contribution in [0.2, 0.25) is 12.1 Å². The van der Waals surface area contributed by atoms with Crippen molar-refractivity contribution in [2.45, 2.75) is 36.8 Å². The van der Waals surface area contributed by atoms with Crippen LogP contribution in [0, 0.1) is 0 Å². The molecular weight excluding hydrogens is 292 g/mol. The summed E-state index contributed by atoms with van der Waals surface area (Å²) in [5.41, 5.74) is 10.7. The van der Waals surface area contributed by atoms with Crippen molar-refractivity contribution in [1.82, 2.24) is 0 Å². The lowest BCUT2D eigenvalue weighted by Crippen LogP contribution is -2.21. The molecule has 0 atom stereocenters. The molecule has 20 heavy (non-hydrogen) atoms. The maximum absolute atomic E-state index is 5.34. The van der Waals surface area contributed by atoms with Crippen LogP contribution in [0.3, 0.4) is 0 Å². The number of ether oxygens (including phenoxy) is 4. The maximum atomic E-state index is 5.34. The van der Waals surface area contributed by atoms with Gasteiger partial charge in [0.25, 0.3) is 0 Å². The fraction of sp³-hybridized carbons (Fsp3) is 1.00. The van der Waals surface area contributed by atoms with Crippen molar-refractivity contribution in [1.29, 1.82) is 0 Å². The lowest BCUT2D eigenvalue weighted by molar-refractivity contribution is -0.0442. The molecule has 0 aliphatic rings. The SMILES string of the molecule is COC(OC)[SiH2]CCCN.COC(OC)[SiH2]CCCN. The molecule has 0 aromatic carbocycles. The van der Waals surface area contributed by atoms with E-state index in [0.717, 1.165) is 25.9 Å². The molecular formula is C12H34N2O4Si2. The Bertz CT molecular complexity index is 156. The number of hydrogen-bond donors (Lipinski definition) is 2. The molecule has 0 saturated carbocycles. The van der Waals surface area contributed by atoms with Gasteiger partial charge >= 0.3 is 0 Å². The molecule has 0 aromatic rings.